The molecule has 2 fully saturated rings. The predicted octanol–water partition coefficient (Wildman–Crippen LogP) is 2.91. The van der Waals surface area contributed by atoms with Gasteiger partial charge in [0.15, 0.2) is 0 Å². The molecule has 1 atom stereocenters. The second kappa shape index (κ2) is 6.59. The molecule has 1 aromatic rings. The van der Waals surface area contributed by atoms with Gasteiger partial charge in [-0.05, 0) is 68.8 Å². The molecule has 4 nitrogen and oxygen atoms in total. The van der Waals surface area contributed by atoms with Crippen LogP contribution in [-0.4, -0.2) is 38.4 Å². The summed E-state index contributed by atoms with van der Waals surface area (Å²) in [5, 5.41) is 3.55. The van der Waals surface area contributed by atoms with Crippen molar-refractivity contribution in [3.8, 4) is 0 Å². The van der Waals surface area contributed by atoms with Crippen molar-refractivity contribution in [2.45, 2.75) is 43.5 Å². The summed E-state index contributed by atoms with van der Waals surface area (Å²) in [6.07, 6.45) is 4.42. The molecule has 2 saturated heterocycles. The molecule has 2 aliphatic rings. The summed E-state index contributed by atoms with van der Waals surface area (Å²) in [6.45, 7) is 4.31. The number of aryl methyl sites for hydroxylation is 1. The molecular weight excluding hydrogens is 364 g/mol. The van der Waals surface area contributed by atoms with E-state index in [-0.39, 0.29) is 0 Å². The molecule has 1 unspecified atom stereocenters. The van der Waals surface area contributed by atoms with Crippen molar-refractivity contribution in [3.05, 3.63) is 28.2 Å². The number of hydrogen-bond acceptors (Lipinski definition) is 3. The molecule has 2 aliphatic heterocycles. The van der Waals surface area contributed by atoms with Gasteiger partial charge in [-0.1, -0.05) is 15.9 Å². The van der Waals surface area contributed by atoms with Crippen molar-refractivity contribution in [2.75, 3.05) is 19.6 Å². The van der Waals surface area contributed by atoms with Crippen LogP contribution in [0.5, 0.6) is 0 Å². The first-order valence-electron chi connectivity index (χ1n) is 7.98. The Bertz CT molecular complexity index is 634. The van der Waals surface area contributed by atoms with E-state index in [0.29, 0.717) is 29.9 Å². The number of halogens is 1. The van der Waals surface area contributed by atoms with Gasteiger partial charge in [-0.3, -0.25) is 0 Å². The molecule has 0 bridgehead atoms. The van der Waals surface area contributed by atoms with Gasteiger partial charge in [-0.2, -0.15) is 4.31 Å². The smallest absolute Gasteiger partial charge is 0.243 e. The minimum Gasteiger partial charge on any atom is -0.314 e. The fourth-order valence-electron chi connectivity index (χ4n) is 3.56. The van der Waals surface area contributed by atoms with Crippen LogP contribution in [0, 0.1) is 12.8 Å². The van der Waals surface area contributed by atoms with Gasteiger partial charge in [-0.25, -0.2) is 8.42 Å². The number of rotatable bonds is 3. The Kier molecular flexibility index (Phi) is 4.92. The van der Waals surface area contributed by atoms with Crippen LogP contribution in [0.15, 0.2) is 27.6 Å². The number of nitrogens with one attached hydrogen (secondary N) is 1. The van der Waals surface area contributed by atoms with Crippen molar-refractivity contribution in [2.24, 2.45) is 5.92 Å². The first kappa shape index (κ1) is 16.4. The van der Waals surface area contributed by atoms with E-state index >= 15 is 0 Å². The Hall–Kier alpha value is -0.430. The van der Waals surface area contributed by atoms with Crippen LogP contribution in [0.4, 0.5) is 0 Å². The normalized spacial score (nSPS) is 24.7. The van der Waals surface area contributed by atoms with Crippen molar-refractivity contribution in [1.82, 2.24) is 9.62 Å². The quantitative estimate of drug-likeness (QED) is 0.868. The third-order valence-electron chi connectivity index (χ3n) is 4.93. The van der Waals surface area contributed by atoms with Gasteiger partial charge < -0.3 is 5.32 Å². The summed E-state index contributed by atoms with van der Waals surface area (Å²) in [5.74, 6) is 0.626. The summed E-state index contributed by atoms with van der Waals surface area (Å²) in [6, 6.07) is 5.86. The SMILES string of the molecule is Cc1cc(S(=O)(=O)N2CCC(C3CCCN3)CC2)ccc1Br. The van der Waals surface area contributed by atoms with E-state index in [1.165, 1.54) is 12.8 Å². The van der Waals surface area contributed by atoms with Crippen LogP contribution in [0.3, 0.4) is 0 Å². The zero-order chi connectivity index (χ0) is 15.7. The minimum atomic E-state index is -3.36. The summed E-state index contributed by atoms with van der Waals surface area (Å²) in [5.41, 5.74) is 0.950. The van der Waals surface area contributed by atoms with Gasteiger partial charge >= 0.3 is 0 Å². The molecule has 0 radical (unpaired) electrons. The zero-order valence-electron chi connectivity index (χ0n) is 12.9. The van der Waals surface area contributed by atoms with Crippen LogP contribution in [0.25, 0.3) is 0 Å². The second-order valence-electron chi connectivity index (χ2n) is 6.36. The highest BCUT2D eigenvalue weighted by atomic mass is 79.9. The third kappa shape index (κ3) is 3.25. The van der Waals surface area contributed by atoms with Crippen molar-refractivity contribution < 1.29 is 8.42 Å². The number of hydrogen-bond donors (Lipinski definition) is 1. The van der Waals surface area contributed by atoms with Gasteiger partial charge in [0, 0.05) is 23.6 Å². The van der Waals surface area contributed by atoms with E-state index < -0.39 is 10.0 Å². The molecule has 22 heavy (non-hydrogen) atoms. The number of sulfonamides is 1. The fourth-order valence-corrected chi connectivity index (χ4v) is 5.36. The lowest BCUT2D eigenvalue weighted by atomic mass is 9.89. The summed E-state index contributed by atoms with van der Waals surface area (Å²) < 4.78 is 28.1. The average Bonchev–Trinajstić information content (AvgIpc) is 3.04. The molecule has 0 saturated carbocycles. The first-order chi connectivity index (χ1) is 10.5. The lowest BCUT2D eigenvalue weighted by Crippen LogP contribution is -2.43. The molecule has 6 heteroatoms. The average molecular weight is 387 g/mol. The molecule has 3 rings (SSSR count). The monoisotopic (exact) mass is 386 g/mol. The van der Waals surface area contributed by atoms with Crippen LogP contribution in [-0.2, 0) is 10.0 Å². The highest BCUT2D eigenvalue weighted by Gasteiger charge is 2.33. The molecule has 0 spiro atoms. The maximum absolute atomic E-state index is 12.8. The lowest BCUT2D eigenvalue weighted by molar-refractivity contribution is 0.234. The first-order valence-corrected chi connectivity index (χ1v) is 10.2. The Labute approximate surface area is 141 Å². The van der Waals surface area contributed by atoms with Gasteiger partial charge in [0.2, 0.25) is 10.0 Å². The van der Waals surface area contributed by atoms with Crippen molar-refractivity contribution in [3.63, 3.8) is 0 Å². The van der Waals surface area contributed by atoms with E-state index in [2.05, 4.69) is 21.2 Å². The van der Waals surface area contributed by atoms with Crippen LogP contribution in [0.2, 0.25) is 0 Å². The third-order valence-corrected chi connectivity index (χ3v) is 7.72. The Morgan fingerprint density at radius 1 is 1.23 bits per heavy atom. The Balaban J connectivity index is 1.70. The van der Waals surface area contributed by atoms with Gasteiger partial charge in [0.05, 0.1) is 4.90 Å². The largest absolute Gasteiger partial charge is 0.314 e. The molecule has 1 aromatic carbocycles. The fraction of sp³-hybridized carbons (Fsp3) is 0.625. The Morgan fingerprint density at radius 3 is 2.55 bits per heavy atom. The summed E-state index contributed by atoms with van der Waals surface area (Å²) in [7, 11) is -3.36. The van der Waals surface area contributed by atoms with E-state index in [1.54, 1.807) is 16.4 Å². The van der Waals surface area contributed by atoms with E-state index in [9.17, 15) is 8.42 Å². The molecule has 122 valence electrons. The van der Waals surface area contributed by atoms with Gasteiger partial charge in [0.25, 0.3) is 0 Å². The topological polar surface area (TPSA) is 49.4 Å². The van der Waals surface area contributed by atoms with E-state index in [4.69, 9.17) is 0 Å². The molecule has 2 heterocycles. The lowest BCUT2D eigenvalue weighted by Gasteiger charge is -2.34. The molecule has 0 amide bonds. The molecule has 0 aromatic heterocycles. The van der Waals surface area contributed by atoms with Crippen LogP contribution >= 0.6 is 15.9 Å². The number of nitrogens with zero attached hydrogens (tertiary/aromatic N) is 1. The number of benzene rings is 1. The predicted molar refractivity (Wildman–Crippen MR) is 91.4 cm³/mol. The summed E-state index contributed by atoms with van der Waals surface area (Å²) in [4.78, 5) is 0.408. The van der Waals surface area contributed by atoms with Crippen molar-refractivity contribution >= 4 is 26.0 Å². The molecule has 0 aliphatic carbocycles. The number of piperidine rings is 1. The van der Waals surface area contributed by atoms with E-state index in [0.717, 1.165) is 29.4 Å². The zero-order valence-corrected chi connectivity index (χ0v) is 15.3. The van der Waals surface area contributed by atoms with Gasteiger partial charge in [-0.15, -0.1) is 0 Å². The maximum atomic E-state index is 12.8. The minimum absolute atomic E-state index is 0.408. The molecular formula is C16H23BrN2O2S. The van der Waals surface area contributed by atoms with E-state index in [1.807, 2.05) is 13.0 Å². The summed E-state index contributed by atoms with van der Waals surface area (Å²) >= 11 is 3.42. The van der Waals surface area contributed by atoms with Crippen LogP contribution in [0.1, 0.15) is 31.2 Å². The standard InChI is InChI=1S/C16H23BrN2O2S/c1-12-11-14(4-5-15(12)17)22(20,21)19-9-6-13(7-10-19)16-3-2-8-18-16/h4-5,11,13,16,18H,2-3,6-10H2,1H3. The van der Waals surface area contributed by atoms with Crippen LogP contribution < -0.4 is 5.32 Å². The second-order valence-corrected chi connectivity index (χ2v) is 9.15. The molecule has 1 N–H and O–H groups in total. The Morgan fingerprint density at radius 2 is 1.95 bits per heavy atom. The van der Waals surface area contributed by atoms with Gasteiger partial charge in [0.1, 0.15) is 0 Å². The maximum Gasteiger partial charge on any atom is 0.243 e. The van der Waals surface area contributed by atoms with Crippen molar-refractivity contribution in [1.29, 1.82) is 0 Å². The highest BCUT2D eigenvalue weighted by molar-refractivity contribution is 9.10. The highest BCUT2D eigenvalue weighted by Crippen LogP contribution is 2.29.